The number of halogens is 2. The predicted molar refractivity (Wildman–Crippen MR) is 76.8 cm³/mol. The zero-order valence-electron chi connectivity index (χ0n) is 12.3. The summed E-state index contributed by atoms with van der Waals surface area (Å²) in [6, 6.07) is 3.40. The topological polar surface area (TPSA) is 52.5 Å². The molecule has 5 heteroatoms. The Labute approximate surface area is 124 Å². The molecule has 0 aromatic heterocycles. The summed E-state index contributed by atoms with van der Waals surface area (Å²) in [5.74, 6) is -1.23. The first kappa shape index (κ1) is 16.3. The number of aliphatic hydroxyl groups excluding tert-OH is 2. The average Bonchev–Trinajstić information content (AvgIpc) is 2.49. The van der Waals surface area contributed by atoms with Crippen molar-refractivity contribution in [3.63, 3.8) is 0 Å². The van der Waals surface area contributed by atoms with Gasteiger partial charge in [-0.15, -0.1) is 0 Å². The molecule has 1 aromatic rings. The van der Waals surface area contributed by atoms with E-state index in [0.29, 0.717) is 11.5 Å². The number of hydrogen-bond acceptors (Lipinski definition) is 3. The maximum atomic E-state index is 13.2. The van der Waals surface area contributed by atoms with Gasteiger partial charge in [0.1, 0.15) is 0 Å². The first-order valence-electron chi connectivity index (χ1n) is 7.45. The molecule has 118 valence electrons. The summed E-state index contributed by atoms with van der Waals surface area (Å²) in [5, 5.41) is 23.0. The minimum absolute atomic E-state index is 0.0181. The molecule has 0 radical (unpaired) electrons. The average molecular weight is 299 g/mol. The Kier molecular flexibility index (Phi) is 5.30. The molecular weight excluding hydrogens is 276 g/mol. The molecule has 0 amide bonds. The zero-order chi connectivity index (χ0) is 15.5. The van der Waals surface area contributed by atoms with Gasteiger partial charge in [0.05, 0.1) is 12.7 Å². The fraction of sp³-hybridized carbons (Fsp3) is 0.625. The lowest BCUT2D eigenvalue weighted by molar-refractivity contribution is 0.0835. The lowest BCUT2D eigenvalue weighted by Crippen LogP contribution is -2.52. The molecule has 1 unspecified atom stereocenters. The van der Waals surface area contributed by atoms with Gasteiger partial charge >= 0.3 is 0 Å². The Morgan fingerprint density at radius 1 is 1.29 bits per heavy atom. The van der Waals surface area contributed by atoms with E-state index in [0.717, 1.165) is 37.8 Å². The maximum Gasteiger partial charge on any atom is 0.159 e. The first-order valence-corrected chi connectivity index (χ1v) is 7.45. The van der Waals surface area contributed by atoms with Gasteiger partial charge in [-0.3, -0.25) is 0 Å². The summed E-state index contributed by atoms with van der Waals surface area (Å²) in [6.07, 6.45) is 2.86. The van der Waals surface area contributed by atoms with Crippen LogP contribution in [0.15, 0.2) is 18.2 Å². The Hall–Kier alpha value is -1.04. The fourth-order valence-electron chi connectivity index (χ4n) is 2.86. The Morgan fingerprint density at radius 3 is 2.52 bits per heavy atom. The third kappa shape index (κ3) is 3.99. The molecule has 0 spiro atoms. The van der Waals surface area contributed by atoms with Gasteiger partial charge in [-0.05, 0) is 49.3 Å². The predicted octanol–water partition coefficient (Wildman–Crippen LogP) is 2.53. The number of rotatable bonds is 5. The van der Waals surface area contributed by atoms with Gasteiger partial charge in [0.2, 0.25) is 0 Å². The second kappa shape index (κ2) is 6.81. The molecule has 3 nitrogen and oxygen atoms in total. The lowest BCUT2D eigenvalue weighted by atomic mass is 9.77. The Balaban J connectivity index is 1.95. The molecule has 0 heterocycles. The number of hydrogen-bond donors (Lipinski definition) is 3. The summed E-state index contributed by atoms with van der Waals surface area (Å²) in [4.78, 5) is 0. The molecule has 1 aliphatic carbocycles. The van der Waals surface area contributed by atoms with E-state index in [9.17, 15) is 19.0 Å². The van der Waals surface area contributed by atoms with E-state index in [1.165, 1.54) is 6.07 Å². The molecule has 0 aliphatic heterocycles. The minimum atomic E-state index is -0.963. The van der Waals surface area contributed by atoms with Crippen LogP contribution in [0, 0.1) is 17.6 Å². The molecule has 1 atom stereocenters. The molecule has 1 saturated carbocycles. The number of aliphatic hydroxyl groups is 2. The van der Waals surface area contributed by atoms with Gasteiger partial charge in [-0.1, -0.05) is 13.0 Å². The second-order valence-electron chi connectivity index (χ2n) is 6.19. The fourth-order valence-corrected chi connectivity index (χ4v) is 2.86. The van der Waals surface area contributed by atoms with Crippen LogP contribution in [0.25, 0.3) is 0 Å². The van der Waals surface area contributed by atoms with Crippen LogP contribution in [0.5, 0.6) is 0 Å². The molecule has 1 fully saturated rings. The second-order valence-corrected chi connectivity index (χ2v) is 6.19. The largest absolute Gasteiger partial charge is 0.394 e. The van der Waals surface area contributed by atoms with Crippen molar-refractivity contribution in [3.05, 3.63) is 35.4 Å². The van der Waals surface area contributed by atoms with E-state index >= 15 is 0 Å². The van der Waals surface area contributed by atoms with Gasteiger partial charge in [0.15, 0.2) is 11.6 Å². The van der Waals surface area contributed by atoms with Crippen LogP contribution in [0.1, 0.15) is 44.3 Å². The molecule has 1 aliphatic rings. The van der Waals surface area contributed by atoms with Crippen LogP contribution in [0.4, 0.5) is 8.78 Å². The highest BCUT2D eigenvalue weighted by atomic mass is 19.2. The molecule has 1 aromatic carbocycles. The first-order chi connectivity index (χ1) is 9.96. The Morgan fingerprint density at radius 2 is 1.95 bits per heavy atom. The van der Waals surface area contributed by atoms with Crippen molar-refractivity contribution in [2.75, 3.05) is 13.2 Å². The van der Waals surface area contributed by atoms with Crippen molar-refractivity contribution in [2.45, 2.75) is 44.2 Å². The van der Waals surface area contributed by atoms with Crippen LogP contribution in [0.3, 0.4) is 0 Å². The van der Waals surface area contributed by atoms with E-state index in [-0.39, 0.29) is 18.7 Å². The van der Waals surface area contributed by atoms with Crippen LogP contribution < -0.4 is 5.32 Å². The standard InChI is InChI=1S/C16H23F2NO2/c1-11-4-6-16(10-20,7-5-11)19-9-15(21)12-2-3-13(17)14(18)8-12/h2-3,8,11,15,19-21H,4-7,9-10H2,1H3. The quantitative estimate of drug-likeness (QED) is 0.783. The van der Waals surface area contributed by atoms with Crippen LogP contribution in [-0.4, -0.2) is 28.9 Å². The van der Waals surface area contributed by atoms with Gasteiger partial charge in [0.25, 0.3) is 0 Å². The van der Waals surface area contributed by atoms with Crippen molar-refractivity contribution in [2.24, 2.45) is 5.92 Å². The van der Waals surface area contributed by atoms with E-state index in [4.69, 9.17) is 0 Å². The highest BCUT2D eigenvalue weighted by Gasteiger charge is 2.33. The summed E-state index contributed by atoms with van der Waals surface area (Å²) in [7, 11) is 0. The molecular formula is C16H23F2NO2. The van der Waals surface area contributed by atoms with Crippen LogP contribution in [0.2, 0.25) is 0 Å². The SMILES string of the molecule is CC1CCC(CO)(NCC(O)c2ccc(F)c(F)c2)CC1. The van der Waals surface area contributed by atoms with Crippen LogP contribution >= 0.6 is 0 Å². The summed E-state index contributed by atoms with van der Waals surface area (Å²) in [6.45, 7) is 2.42. The van der Waals surface area contributed by atoms with Crippen molar-refractivity contribution in [3.8, 4) is 0 Å². The molecule has 2 rings (SSSR count). The number of β-amino-alcohol motifs (C(OH)–C–C–N with tert-alkyl or cyclic N) is 1. The van der Waals surface area contributed by atoms with Gasteiger partial charge in [0, 0.05) is 12.1 Å². The summed E-state index contributed by atoms with van der Waals surface area (Å²) in [5.41, 5.74) is -0.0369. The number of nitrogens with one attached hydrogen (secondary N) is 1. The molecule has 21 heavy (non-hydrogen) atoms. The summed E-state index contributed by atoms with van der Waals surface area (Å²) < 4.78 is 26.1. The van der Waals surface area contributed by atoms with E-state index in [2.05, 4.69) is 12.2 Å². The van der Waals surface area contributed by atoms with Crippen molar-refractivity contribution in [1.29, 1.82) is 0 Å². The van der Waals surface area contributed by atoms with Gasteiger partial charge in [-0.25, -0.2) is 8.78 Å². The highest BCUT2D eigenvalue weighted by molar-refractivity contribution is 5.20. The van der Waals surface area contributed by atoms with Gasteiger partial charge in [-0.2, -0.15) is 0 Å². The van der Waals surface area contributed by atoms with E-state index < -0.39 is 17.7 Å². The van der Waals surface area contributed by atoms with Crippen molar-refractivity contribution >= 4 is 0 Å². The highest BCUT2D eigenvalue weighted by Crippen LogP contribution is 2.32. The van der Waals surface area contributed by atoms with Crippen molar-refractivity contribution < 1.29 is 19.0 Å². The van der Waals surface area contributed by atoms with E-state index in [1.807, 2.05) is 0 Å². The van der Waals surface area contributed by atoms with Crippen LogP contribution in [-0.2, 0) is 0 Å². The normalized spacial score (nSPS) is 27.6. The lowest BCUT2D eigenvalue weighted by Gasteiger charge is -2.39. The third-order valence-electron chi connectivity index (χ3n) is 4.53. The minimum Gasteiger partial charge on any atom is -0.394 e. The summed E-state index contributed by atoms with van der Waals surface area (Å²) >= 11 is 0. The van der Waals surface area contributed by atoms with E-state index in [1.54, 1.807) is 0 Å². The molecule has 0 bridgehead atoms. The maximum absolute atomic E-state index is 13.2. The molecule has 3 N–H and O–H groups in total. The number of benzene rings is 1. The Bertz CT molecular complexity index is 473. The zero-order valence-corrected chi connectivity index (χ0v) is 12.3. The monoisotopic (exact) mass is 299 g/mol. The smallest absolute Gasteiger partial charge is 0.159 e. The van der Waals surface area contributed by atoms with Crippen molar-refractivity contribution in [1.82, 2.24) is 5.32 Å². The van der Waals surface area contributed by atoms with Gasteiger partial charge < -0.3 is 15.5 Å². The third-order valence-corrected chi connectivity index (χ3v) is 4.53. The molecule has 0 saturated heterocycles.